The molecule has 180 valence electrons. The second-order valence-corrected chi connectivity index (χ2v) is 9.65. The molecule has 1 aromatic carbocycles. The van der Waals surface area contributed by atoms with Crippen molar-refractivity contribution in [3.8, 4) is 11.6 Å². The van der Waals surface area contributed by atoms with Gasteiger partial charge in [-0.15, -0.1) is 0 Å². The number of aromatic nitrogens is 1. The zero-order chi connectivity index (χ0) is 24.8. The highest BCUT2D eigenvalue weighted by molar-refractivity contribution is 7.67. The smallest absolute Gasteiger partial charge is 0.417 e. The van der Waals surface area contributed by atoms with Gasteiger partial charge in [0.15, 0.2) is 6.79 Å². The number of esters is 1. The first-order chi connectivity index (χ1) is 15.4. The maximum Gasteiger partial charge on any atom is 0.417 e. The van der Waals surface area contributed by atoms with E-state index in [0.717, 1.165) is 18.2 Å². The van der Waals surface area contributed by atoms with Gasteiger partial charge in [0.1, 0.15) is 16.1 Å². The van der Waals surface area contributed by atoms with Crippen molar-refractivity contribution in [3.05, 3.63) is 51.2 Å². The number of ether oxygens (including phenoxy) is 2. The highest BCUT2D eigenvalue weighted by Gasteiger charge is 2.34. The van der Waals surface area contributed by atoms with Crippen LogP contribution in [-0.4, -0.2) is 28.8 Å². The van der Waals surface area contributed by atoms with Crippen LogP contribution in [0, 0.1) is 10.1 Å². The molecule has 0 N–H and O–H groups in total. The number of benzene rings is 1. The Hall–Kier alpha value is -2.69. The Morgan fingerprint density at radius 1 is 1.27 bits per heavy atom. The van der Waals surface area contributed by atoms with Crippen LogP contribution >= 0.6 is 19.0 Å². The number of carbonyl (C=O) groups is 1. The van der Waals surface area contributed by atoms with Crippen molar-refractivity contribution in [2.45, 2.75) is 32.9 Å². The van der Waals surface area contributed by atoms with Gasteiger partial charge >= 0.3 is 12.1 Å². The van der Waals surface area contributed by atoms with Crippen LogP contribution in [0.4, 0.5) is 18.9 Å². The predicted molar refractivity (Wildman–Crippen MR) is 112 cm³/mol. The van der Waals surface area contributed by atoms with E-state index in [-0.39, 0.29) is 23.6 Å². The highest BCUT2D eigenvalue weighted by atomic mass is 35.5. The third kappa shape index (κ3) is 6.89. The van der Waals surface area contributed by atoms with E-state index in [1.807, 2.05) is 0 Å². The molecule has 2 aromatic rings. The van der Waals surface area contributed by atoms with Crippen LogP contribution in [0.3, 0.4) is 0 Å². The molecule has 0 saturated carbocycles. The Kier molecular flexibility index (Phi) is 8.82. The summed E-state index contributed by atoms with van der Waals surface area (Å²) in [6, 6.07) is 3.79. The SMILES string of the molecule is CCCC(=O)OCOP(=O)(CC)c1cc(Oc2ncc(C(F)(F)F)cc2Cl)ccc1[N+](=O)[O-]. The molecule has 0 spiro atoms. The van der Waals surface area contributed by atoms with Crippen molar-refractivity contribution >= 4 is 35.9 Å². The summed E-state index contributed by atoms with van der Waals surface area (Å²) in [7, 11) is -3.89. The minimum atomic E-state index is -4.67. The molecule has 33 heavy (non-hydrogen) atoms. The van der Waals surface area contributed by atoms with E-state index >= 15 is 0 Å². The van der Waals surface area contributed by atoms with Crippen LogP contribution in [0.15, 0.2) is 30.5 Å². The molecule has 2 rings (SSSR count). The molecule has 0 aliphatic carbocycles. The molecule has 0 radical (unpaired) electrons. The van der Waals surface area contributed by atoms with E-state index in [1.54, 1.807) is 6.92 Å². The van der Waals surface area contributed by atoms with Crippen LogP contribution in [-0.2, 0) is 24.8 Å². The van der Waals surface area contributed by atoms with Gasteiger partial charge in [-0.3, -0.25) is 24.0 Å². The number of carbonyl (C=O) groups excluding carboxylic acids is 1. The first-order valence-electron chi connectivity index (χ1n) is 9.50. The van der Waals surface area contributed by atoms with Crippen molar-refractivity contribution in [2.75, 3.05) is 13.0 Å². The Balaban J connectivity index is 2.36. The first kappa shape index (κ1) is 26.6. The largest absolute Gasteiger partial charge is 0.438 e. The van der Waals surface area contributed by atoms with E-state index in [4.69, 9.17) is 25.6 Å². The maximum absolute atomic E-state index is 13.3. The van der Waals surface area contributed by atoms with Crippen LogP contribution in [0.1, 0.15) is 32.3 Å². The second-order valence-electron chi connectivity index (χ2n) is 6.52. The third-order valence-corrected chi connectivity index (χ3v) is 6.93. The summed E-state index contributed by atoms with van der Waals surface area (Å²) in [4.78, 5) is 25.7. The molecule has 1 aromatic heterocycles. The summed E-state index contributed by atoms with van der Waals surface area (Å²) in [6.45, 7) is 2.53. The molecular formula is C19H19ClF3N2O7P. The van der Waals surface area contributed by atoms with Gasteiger partial charge in [0.25, 0.3) is 5.69 Å². The number of hydrogen-bond donors (Lipinski definition) is 0. The molecule has 0 bridgehead atoms. The van der Waals surface area contributed by atoms with E-state index in [9.17, 15) is 32.6 Å². The lowest BCUT2D eigenvalue weighted by Crippen LogP contribution is -2.17. The summed E-state index contributed by atoms with van der Waals surface area (Å²) in [5.41, 5.74) is -1.63. The number of nitro benzene ring substituents is 1. The van der Waals surface area contributed by atoms with Gasteiger partial charge in [-0.2, -0.15) is 13.2 Å². The molecule has 0 amide bonds. The predicted octanol–water partition coefficient (Wildman–Crippen LogP) is 5.70. The summed E-state index contributed by atoms with van der Waals surface area (Å²) >= 11 is 5.82. The van der Waals surface area contributed by atoms with E-state index in [1.165, 1.54) is 6.92 Å². The summed E-state index contributed by atoms with van der Waals surface area (Å²) < 4.78 is 67.1. The molecule has 0 aliphatic rings. The molecule has 0 saturated heterocycles. The average Bonchev–Trinajstić information content (AvgIpc) is 2.74. The zero-order valence-corrected chi connectivity index (χ0v) is 19.1. The fraction of sp³-hybridized carbons (Fsp3) is 0.368. The normalized spacial score (nSPS) is 13.3. The molecule has 9 nitrogen and oxygen atoms in total. The molecular weight excluding hydrogens is 492 g/mol. The fourth-order valence-electron chi connectivity index (χ4n) is 2.55. The van der Waals surface area contributed by atoms with Crippen molar-refractivity contribution in [3.63, 3.8) is 0 Å². The van der Waals surface area contributed by atoms with Gasteiger partial charge in [-0.1, -0.05) is 25.4 Å². The first-order valence-corrected chi connectivity index (χ1v) is 11.7. The average molecular weight is 511 g/mol. The Morgan fingerprint density at radius 2 is 1.97 bits per heavy atom. The summed E-state index contributed by atoms with van der Waals surface area (Å²) in [5.74, 6) is -1.12. The quantitative estimate of drug-likeness (QED) is 0.131. The molecule has 14 heteroatoms. The Bertz CT molecular complexity index is 1080. The Labute approximate surface area is 191 Å². The van der Waals surface area contributed by atoms with Crippen LogP contribution in [0.25, 0.3) is 0 Å². The molecule has 0 fully saturated rings. The number of nitrogens with zero attached hydrogens (tertiary/aromatic N) is 2. The highest BCUT2D eigenvalue weighted by Crippen LogP contribution is 2.48. The maximum atomic E-state index is 13.3. The lowest BCUT2D eigenvalue weighted by Gasteiger charge is -2.18. The van der Waals surface area contributed by atoms with Crippen LogP contribution in [0.2, 0.25) is 5.02 Å². The van der Waals surface area contributed by atoms with E-state index in [0.29, 0.717) is 18.7 Å². The van der Waals surface area contributed by atoms with Gasteiger partial charge in [-0.05, 0) is 18.6 Å². The second kappa shape index (κ2) is 11.0. The number of pyridine rings is 1. The van der Waals surface area contributed by atoms with Crippen LogP contribution < -0.4 is 10.0 Å². The number of hydrogen-bond acceptors (Lipinski definition) is 8. The minimum Gasteiger partial charge on any atom is -0.438 e. The fourth-order valence-corrected chi connectivity index (χ4v) is 4.47. The van der Waals surface area contributed by atoms with Crippen molar-refractivity contribution in [2.24, 2.45) is 0 Å². The van der Waals surface area contributed by atoms with Gasteiger partial charge < -0.3 is 9.47 Å². The minimum absolute atomic E-state index is 0.115. The monoisotopic (exact) mass is 510 g/mol. The van der Waals surface area contributed by atoms with Crippen molar-refractivity contribution in [1.29, 1.82) is 0 Å². The van der Waals surface area contributed by atoms with E-state index < -0.39 is 53.4 Å². The van der Waals surface area contributed by atoms with Gasteiger partial charge in [-0.25, -0.2) is 4.98 Å². The standard InChI is InChI=1S/C19H19ClF3N2O7P/c1-3-5-17(26)30-11-31-33(29,4-2)16-9-13(6-7-15(16)25(27)28)32-18-14(20)8-12(10-24-18)19(21,22)23/h6-10H,3-5,11H2,1-2H3. The summed E-state index contributed by atoms with van der Waals surface area (Å²) in [5, 5.41) is 10.7. The number of nitro groups is 1. The van der Waals surface area contributed by atoms with Crippen molar-refractivity contribution < 1.29 is 41.5 Å². The van der Waals surface area contributed by atoms with Gasteiger partial charge in [0.05, 0.1) is 10.5 Å². The lowest BCUT2D eigenvalue weighted by molar-refractivity contribution is -0.383. The van der Waals surface area contributed by atoms with E-state index in [2.05, 4.69) is 4.98 Å². The molecule has 1 atom stereocenters. The number of halogens is 4. The van der Waals surface area contributed by atoms with Crippen LogP contribution in [0.5, 0.6) is 11.6 Å². The zero-order valence-electron chi connectivity index (χ0n) is 17.4. The summed E-state index contributed by atoms with van der Waals surface area (Å²) in [6.07, 6.45) is -3.69. The lowest BCUT2D eigenvalue weighted by atomic mass is 10.3. The molecule has 1 heterocycles. The third-order valence-electron chi connectivity index (χ3n) is 4.21. The number of alkyl halides is 3. The van der Waals surface area contributed by atoms with Gasteiger partial charge in [0, 0.05) is 30.9 Å². The van der Waals surface area contributed by atoms with Gasteiger partial charge in [0.2, 0.25) is 13.2 Å². The molecule has 0 aliphatic heterocycles. The Morgan fingerprint density at radius 3 is 2.52 bits per heavy atom. The number of rotatable bonds is 10. The topological polar surface area (TPSA) is 118 Å². The van der Waals surface area contributed by atoms with Crippen molar-refractivity contribution in [1.82, 2.24) is 4.98 Å². The molecule has 1 unspecified atom stereocenters.